The molecular formula is C21H32N2O2. The molecule has 138 valence electrons. The van der Waals surface area contributed by atoms with Gasteiger partial charge < -0.3 is 10.1 Å². The van der Waals surface area contributed by atoms with Crippen molar-refractivity contribution in [3.05, 3.63) is 29.8 Å². The second kappa shape index (κ2) is 8.70. The maximum atomic E-state index is 12.1. The summed E-state index contributed by atoms with van der Waals surface area (Å²) in [7, 11) is 2.16. The number of nitrogens with one attached hydrogen (secondary N) is 1. The highest BCUT2D eigenvalue weighted by Crippen LogP contribution is 2.27. The molecule has 0 bridgehead atoms. The fourth-order valence-corrected chi connectivity index (χ4v) is 3.57. The van der Waals surface area contributed by atoms with E-state index < -0.39 is 0 Å². The largest absolute Gasteiger partial charge is 0.490 e. The Balaban J connectivity index is 1.39. The highest BCUT2D eigenvalue weighted by atomic mass is 16.5. The Morgan fingerprint density at radius 3 is 2.76 bits per heavy atom. The Kier molecular flexibility index (Phi) is 6.35. The molecule has 25 heavy (non-hydrogen) atoms. The number of benzene rings is 1. The molecule has 0 radical (unpaired) electrons. The third kappa shape index (κ3) is 5.74. The fraction of sp³-hybridized carbons (Fsp3) is 0.667. The number of likely N-dealkylation sites (N-methyl/N-ethyl adjacent to an activating group) is 1. The van der Waals surface area contributed by atoms with Crippen LogP contribution in [0.4, 0.5) is 0 Å². The Bertz CT molecular complexity index is 565. The molecule has 2 fully saturated rings. The summed E-state index contributed by atoms with van der Waals surface area (Å²) in [5.74, 6) is 1.09. The molecule has 3 rings (SSSR count). The number of carbonyl (C=O) groups excluding carboxylic acids is 1. The molecule has 4 heteroatoms. The first kappa shape index (κ1) is 18.2. The smallest absolute Gasteiger partial charge is 0.220 e. The lowest BCUT2D eigenvalue weighted by atomic mass is 10.1. The summed E-state index contributed by atoms with van der Waals surface area (Å²) >= 11 is 0. The van der Waals surface area contributed by atoms with E-state index in [4.69, 9.17) is 4.74 Å². The van der Waals surface area contributed by atoms with Crippen molar-refractivity contribution in [2.45, 2.75) is 76.5 Å². The van der Waals surface area contributed by atoms with Crippen molar-refractivity contribution < 1.29 is 9.53 Å². The van der Waals surface area contributed by atoms with E-state index in [0.717, 1.165) is 24.8 Å². The van der Waals surface area contributed by atoms with Crippen molar-refractivity contribution in [2.75, 3.05) is 13.6 Å². The first-order valence-electron chi connectivity index (χ1n) is 9.86. The number of aryl methyl sites for hydroxylation is 1. The van der Waals surface area contributed by atoms with Gasteiger partial charge in [-0.2, -0.15) is 0 Å². The van der Waals surface area contributed by atoms with Crippen LogP contribution in [0.1, 0.15) is 57.4 Å². The summed E-state index contributed by atoms with van der Waals surface area (Å²) in [6.07, 6.45) is 9.16. The maximum absolute atomic E-state index is 12.1. The van der Waals surface area contributed by atoms with Gasteiger partial charge in [-0.3, -0.25) is 9.69 Å². The summed E-state index contributed by atoms with van der Waals surface area (Å²) in [6.45, 7) is 2.92. The van der Waals surface area contributed by atoms with E-state index in [-0.39, 0.29) is 5.91 Å². The van der Waals surface area contributed by atoms with Gasteiger partial charge in [0.2, 0.25) is 5.91 Å². The van der Waals surface area contributed by atoms with Crippen molar-refractivity contribution in [2.24, 2.45) is 0 Å². The monoisotopic (exact) mass is 344 g/mol. The molecule has 1 amide bonds. The lowest BCUT2D eigenvalue weighted by Crippen LogP contribution is -2.41. The molecule has 0 aliphatic heterocycles. The maximum Gasteiger partial charge on any atom is 0.220 e. The van der Waals surface area contributed by atoms with E-state index in [0.29, 0.717) is 18.6 Å². The van der Waals surface area contributed by atoms with Gasteiger partial charge in [0.05, 0.1) is 6.10 Å². The van der Waals surface area contributed by atoms with Crippen LogP contribution in [0.15, 0.2) is 24.3 Å². The first-order valence-corrected chi connectivity index (χ1v) is 9.86. The van der Waals surface area contributed by atoms with Gasteiger partial charge in [-0.05, 0) is 76.6 Å². The van der Waals surface area contributed by atoms with Crippen molar-refractivity contribution in [1.29, 1.82) is 0 Å². The van der Waals surface area contributed by atoms with Crippen LogP contribution in [-0.4, -0.2) is 42.6 Å². The van der Waals surface area contributed by atoms with Crippen LogP contribution in [0.25, 0.3) is 0 Å². The van der Waals surface area contributed by atoms with Crippen LogP contribution in [0.3, 0.4) is 0 Å². The van der Waals surface area contributed by atoms with Gasteiger partial charge in [-0.25, -0.2) is 0 Å². The highest BCUT2D eigenvalue weighted by Gasteiger charge is 2.29. The molecule has 4 nitrogen and oxygen atoms in total. The molecular weight excluding hydrogens is 312 g/mol. The number of rotatable bonds is 9. The molecule has 2 aliphatic rings. The first-order chi connectivity index (χ1) is 12.1. The zero-order valence-corrected chi connectivity index (χ0v) is 15.7. The number of hydrogen-bond acceptors (Lipinski definition) is 3. The third-order valence-corrected chi connectivity index (χ3v) is 5.56. The average Bonchev–Trinajstić information content (AvgIpc) is 3.35. The number of hydrogen-bond donors (Lipinski definition) is 1. The fourth-order valence-electron chi connectivity index (χ4n) is 3.57. The minimum absolute atomic E-state index is 0.137. The van der Waals surface area contributed by atoms with Crippen LogP contribution in [0, 0.1) is 0 Å². The minimum Gasteiger partial charge on any atom is -0.490 e. The van der Waals surface area contributed by atoms with Crippen molar-refractivity contribution in [1.82, 2.24) is 10.2 Å². The van der Waals surface area contributed by atoms with Crippen LogP contribution in [-0.2, 0) is 11.2 Å². The summed E-state index contributed by atoms with van der Waals surface area (Å²) in [5, 5.41) is 3.08. The van der Waals surface area contributed by atoms with Gasteiger partial charge >= 0.3 is 0 Å². The molecule has 0 saturated heterocycles. The Hall–Kier alpha value is -1.55. The summed E-state index contributed by atoms with van der Waals surface area (Å²) in [4.78, 5) is 14.5. The van der Waals surface area contributed by atoms with Crippen molar-refractivity contribution >= 4 is 5.91 Å². The molecule has 0 aromatic heterocycles. The third-order valence-electron chi connectivity index (χ3n) is 5.56. The zero-order valence-electron chi connectivity index (χ0n) is 15.7. The molecule has 1 aromatic carbocycles. The van der Waals surface area contributed by atoms with Gasteiger partial charge in [-0.1, -0.05) is 12.1 Å². The molecule has 2 saturated carbocycles. The summed E-state index contributed by atoms with van der Waals surface area (Å²) in [5.41, 5.74) is 1.17. The van der Waals surface area contributed by atoms with Crippen molar-refractivity contribution in [3.8, 4) is 5.75 Å². The standard InChI is InChI=1S/C21H32N2O2/c1-16(23(2)18-11-12-18)15-22-21(24)13-10-17-6-5-9-20(14-17)25-19-7-3-4-8-19/h5-6,9,14,16,18-19H,3-4,7-8,10-13,15H2,1-2H3,(H,22,24). The zero-order chi connectivity index (χ0) is 17.6. The van der Waals surface area contributed by atoms with Gasteiger partial charge in [0.15, 0.2) is 0 Å². The molecule has 1 N–H and O–H groups in total. The van der Waals surface area contributed by atoms with Crippen LogP contribution >= 0.6 is 0 Å². The minimum atomic E-state index is 0.137. The Morgan fingerprint density at radius 1 is 1.28 bits per heavy atom. The summed E-state index contributed by atoms with van der Waals surface area (Å²) in [6, 6.07) is 9.36. The average molecular weight is 344 g/mol. The Labute approximate surface area is 151 Å². The molecule has 0 heterocycles. The number of nitrogens with zero attached hydrogens (tertiary/aromatic N) is 1. The van der Waals surface area contributed by atoms with Crippen LogP contribution < -0.4 is 10.1 Å². The lowest BCUT2D eigenvalue weighted by molar-refractivity contribution is -0.121. The van der Waals surface area contributed by atoms with Crippen LogP contribution in [0.2, 0.25) is 0 Å². The van der Waals surface area contributed by atoms with Gasteiger partial charge in [0.1, 0.15) is 5.75 Å². The second-order valence-corrected chi connectivity index (χ2v) is 7.72. The highest BCUT2D eigenvalue weighted by molar-refractivity contribution is 5.76. The predicted octanol–water partition coefficient (Wildman–Crippen LogP) is 3.54. The predicted molar refractivity (Wildman–Crippen MR) is 101 cm³/mol. The lowest BCUT2D eigenvalue weighted by Gasteiger charge is -2.24. The van der Waals surface area contributed by atoms with Gasteiger partial charge in [0, 0.05) is 25.0 Å². The Morgan fingerprint density at radius 2 is 2.04 bits per heavy atom. The molecule has 0 spiro atoms. The molecule has 1 aromatic rings. The van der Waals surface area contributed by atoms with E-state index in [1.54, 1.807) is 0 Å². The SMILES string of the molecule is CC(CNC(=O)CCc1cccc(OC2CCCC2)c1)N(C)C1CC1. The van der Waals surface area contributed by atoms with E-state index in [9.17, 15) is 4.79 Å². The molecule has 2 aliphatic carbocycles. The van der Waals surface area contributed by atoms with E-state index in [1.165, 1.54) is 44.1 Å². The van der Waals surface area contributed by atoms with E-state index in [2.05, 4.69) is 36.3 Å². The van der Waals surface area contributed by atoms with E-state index in [1.807, 2.05) is 12.1 Å². The number of ether oxygens (including phenoxy) is 1. The second-order valence-electron chi connectivity index (χ2n) is 7.72. The van der Waals surface area contributed by atoms with E-state index >= 15 is 0 Å². The molecule has 1 atom stereocenters. The normalized spacial score (nSPS) is 19.2. The topological polar surface area (TPSA) is 41.6 Å². The molecule has 1 unspecified atom stereocenters. The summed E-state index contributed by atoms with van der Waals surface area (Å²) < 4.78 is 6.05. The quantitative estimate of drug-likeness (QED) is 0.745. The van der Waals surface area contributed by atoms with Crippen molar-refractivity contribution in [3.63, 3.8) is 0 Å². The van der Waals surface area contributed by atoms with Crippen LogP contribution in [0.5, 0.6) is 5.75 Å². The number of carbonyl (C=O) groups is 1. The van der Waals surface area contributed by atoms with Gasteiger partial charge in [-0.15, -0.1) is 0 Å². The number of amides is 1. The van der Waals surface area contributed by atoms with Gasteiger partial charge in [0.25, 0.3) is 0 Å².